The second-order valence-corrected chi connectivity index (χ2v) is 2.20. The fourth-order valence-corrected chi connectivity index (χ4v) is 0.900. The zero-order valence-corrected chi connectivity index (χ0v) is 6.33. The maximum atomic E-state index is 11.0. The van der Waals surface area contributed by atoms with Crippen LogP contribution in [0.1, 0.15) is 6.42 Å². The van der Waals surface area contributed by atoms with Gasteiger partial charge in [0.2, 0.25) is 0 Å². The quantitative estimate of drug-likeness (QED) is 0.558. The van der Waals surface area contributed by atoms with Crippen LogP contribution in [0, 0.1) is 6.42 Å². The molecule has 0 saturated carbocycles. The van der Waals surface area contributed by atoms with Crippen LogP contribution < -0.4 is 5.73 Å². The van der Waals surface area contributed by atoms with Crippen molar-refractivity contribution in [2.24, 2.45) is 5.73 Å². The van der Waals surface area contributed by atoms with Crippen molar-refractivity contribution in [1.29, 1.82) is 0 Å². The first-order valence-electron chi connectivity index (χ1n) is 3.33. The first-order valence-corrected chi connectivity index (χ1v) is 3.33. The summed E-state index contributed by atoms with van der Waals surface area (Å²) in [5.41, 5.74) is 6.46. The number of rotatable bonds is 1. The summed E-state index contributed by atoms with van der Waals surface area (Å²) in [6.07, 6.45) is 6.10. The number of ether oxygens (including phenoxy) is 1. The van der Waals surface area contributed by atoms with E-state index in [1.165, 1.54) is 7.11 Å². The average molecular weight is 152 g/mol. The normalized spacial score (nSPS) is 16.8. The lowest BCUT2D eigenvalue weighted by molar-refractivity contribution is -0.135. The summed E-state index contributed by atoms with van der Waals surface area (Å²) in [5.74, 6) is -0.369. The van der Waals surface area contributed by atoms with E-state index in [1.807, 2.05) is 6.08 Å². The molecule has 0 fully saturated rings. The molecule has 0 aliphatic heterocycles. The molecule has 59 valence electrons. The van der Waals surface area contributed by atoms with E-state index in [0.29, 0.717) is 11.3 Å². The molecule has 0 amide bonds. The summed E-state index contributed by atoms with van der Waals surface area (Å²) >= 11 is 0. The van der Waals surface area contributed by atoms with E-state index < -0.39 is 0 Å². The zero-order valence-electron chi connectivity index (χ0n) is 6.33. The molecule has 0 saturated heterocycles. The van der Waals surface area contributed by atoms with Crippen molar-refractivity contribution in [2.45, 2.75) is 6.42 Å². The van der Waals surface area contributed by atoms with Gasteiger partial charge in [-0.25, -0.2) is 4.79 Å². The minimum Gasteiger partial charge on any atom is -0.466 e. The molecule has 1 aliphatic rings. The van der Waals surface area contributed by atoms with Crippen LogP contribution in [0.25, 0.3) is 0 Å². The fraction of sp³-hybridized carbons (Fsp3) is 0.250. The molecule has 0 unspecified atom stereocenters. The summed E-state index contributed by atoms with van der Waals surface area (Å²) in [6, 6.07) is 0. The lowest BCUT2D eigenvalue weighted by atomic mass is 10.0. The third-order valence-corrected chi connectivity index (χ3v) is 1.47. The molecule has 3 nitrogen and oxygen atoms in total. The molecule has 0 bridgehead atoms. The Hall–Kier alpha value is -1.25. The van der Waals surface area contributed by atoms with Gasteiger partial charge in [-0.2, -0.15) is 0 Å². The average Bonchev–Trinajstić information content (AvgIpc) is 2.04. The number of hydrogen-bond donors (Lipinski definition) is 1. The maximum Gasteiger partial charge on any atom is 0.336 e. The highest BCUT2D eigenvalue weighted by Crippen LogP contribution is 2.15. The molecular weight excluding hydrogens is 142 g/mol. The molecule has 1 rings (SSSR count). The molecule has 0 aromatic rings. The Morgan fingerprint density at radius 1 is 1.73 bits per heavy atom. The van der Waals surface area contributed by atoms with Gasteiger partial charge in [-0.1, -0.05) is 6.08 Å². The predicted molar refractivity (Wildman–Crippen MR) is 41.3 cm³/mol. The Bertz CT molecular complexity index is 228. The van der Waals surface area contributed by atoms with Crippen molar-refractivity contribution < 1.29 is 9.53 Å². The summed E-state index contributed by atoms with van der Waals surface area (Å²) in [4.78, 5) is 11.0. The SMILES string of the molecule is COC(=O)C1=C(N)C=CC[CH]1. The van der Waals surface area contributed by atoms with E-state index >= 15 is 0 Å². The standard InChI is InChI=1S/C8H10NO2/c1-11-8(10)6-4-2-3-5-7(6)9/h3-5H,2,9H2,1H3. The molecule has 2 N–H and O–H groups in total. The lowest BCUT2D eigenvalue weighted by Gasteiger charge is -2.09. The second kappa shape index (κ2) is 3.23. The fourth-order valence-electron chi connectivity index (χ4n) is 0.900. The van der Waals surface area contributed by atoms with Crippen molar-refractivity contribution in [2.75, 3.05) is 7.11 Å². The van der Waals surface area contributed by atoms with Crippen LogP contribution in [0.4, 0.5) is 0 Å². The van der Waals surface area contributed by atoms with E-state index in [2.05, 4.69) is 4.74 Å². The molecule has 1 radical (unpaired) electrons. The Labute approximate surface area is 65.5 Å². The summed E-state index contributed by atoms with van der Waals surface area (Å²) < 4.78 is 4.52. The molecule has 0 heterocycles. The van der Waals surface area contributed by atoms with Crippen LogP contribution in [0.5, 0.6) is 0 Å². The number of nitrogens with two attached hydrogens (primary N) is 1. The van der Waals surface area contributed by atoms with E-state index in [9.17, 15) is 4.79 Å². The minimum absolute atomic E-state index is 0.369. The number of carbonyl (C=O) groups excluding carboxylic acids is 1. The second-order valence-electron chi connectivity index (χ2n) is 2.20. The van der Waals surface area contributed by atoms with Gasteiger partial charge in [-0.3, -0.25) is 0 Å². The van der Waals surface area contributed by atoms with Crippen LogP contribution in [0.15, 0.2) is 23.4 Å². The van der Waals surface area contributed by atoms with Crippen LogP contribution >= 0.6 is 0 Å². The Balaban J connectivity index is 2.83. The highest BCUT2D eigenvalue weighted by atomic mass is 16.5. The first kappa shape index (κ1) is 7.85. The largest absolute Gasteiger partial charge is 0.466 e. The van der Waals surface area contributed by atoms with Crippen molar-refractivity contribution in [3.8, 4) is 0 Å². The number of allylic oxidation sites excluding steroid dienone is 2. The summed E-state index contributed by atoms with van der Waals surface area (Å²) in [6.45, 7) is 0. The van der Waals surface area contributed by atoms with Gasteiger partial charge in [0.25, 0.3) is 0 Å². The Morgan fingerprint density at radius 3 is 3.00 bits per heavy atom. The zero-order chi connectivity index (χ0) is 8.27. The maximum absolute atomic E-state index is 11.0. The Kier molecular flexibility index (Phi) is 2.31. The molecule has 0 aromatic carbocycles. The van der Waals surface area contributed by atoms with Crippen LogP contribution in [0.3, 0.4) is 0 Å². The lowest BCUT2D eigenvalue weighted by Crippen LogP contribution is -2.13. The van der Waals surface area contributed by atoms with Crippen molar-refractivity contribution >= 4 is 5.97 Å². The van der Waals surface area contributed by atoms with Crippen LogP contribution in [-0.2, 0) is 9.53 Å². The van der Waals surface area contributed by atoms with E-state index in [4.69, 9.17) is 5.73 Å². The van der Waals surface area contributed by atoms with Crippen LogP contribution in [-0.4, -0.2) is 13.1 Å². The van der Waals surface area contributed by atoms with Gasteiger partial charge in [-0.15, -0.1) is 0 Å². The highest BCUT2D eigenvalue weighted by molar-refractivity contribution is 5.92. The molecule has 0 aromatic heterocycles. The highest BCUT2D eigenvalue weighted by Gasteiger charge is 2.14. The first-order chi connectivity index (χ1) is 5.25. The molecule has 3 heteroatoms. The van der Waals surface area contributed by atoms with Crippen molar-refractivity contribution in [3.63, 3.8) is 0 Å². The Morgan fingerprint density at radius 2 is 2.45 bits per heavy atom. The summed E-state index contributed by atoms with van der Waals surface area (Å²) in [5, 5.41) is 0. The monoisotopic (exact) mass is 152 g/mol. The number of esters is 1. The number of methoxy groups -OCH3 is 1. The van der Waals surface area contributed by atoms with Gasteiger partial charge in [0.15, 0.2) is 0 Å². The van der Waals surface area contributed by atoms with Crippen molar-refractivity contribution in [3.05, 3.63) is 29.8 Å². The third-order valence-electron chi connectivity index (χ3n) is 1.47. The van der Waals surface area contributed by atoms with Gasteiger partial charge >= 0.3 is 5.97 Å². The van der Waals surface area contributed by atoms with Gasteiger partial charge in [-0.05, 0) is 12.5 Å². The van der Waals surface area contributed by atoms with Gasteiger partial charge < -0.3 is 10.5 Å². The molecular formula is C8H10NO2. The number of hydrogen-bond acceptors (Lipinski definition) is 3. The van der Waals surface area contributed by atoms with Gasteiger partial charge in [0, 0.05) is 12.1 Å². The van der Waals surface area contributed by atoms with E-state index in [1.54, 1.807) is 12.5 Å². The number of carbonyl (C=O) groups is 1. The minimum atomic E-state index is -0.369. The van der Waals surface area contributed by atoms with Gasteiger partial charge in [0.05, 0.1) is 12.7 Å². The van der Waals surface area contributed by atoms with E-state index in [-0.39, 0.29) is 5.97 Å². The topological polar surface area (TPSA) is 52.3 Å². The predicted octanol–water partition coefficient (Wildman–Crippen LogP) is 0.536. The third kappa shape index (κ3) is 1.61. The van der Waals surface area contributed by atoms with Crippen molar-refractivity contribution in [1.82, 2.24) is 0 Å². The molecule has 11 heavy (non-hydrogen) atoms. The molecule has 0 spiro atoms. The van der Waals surface area contributed by atoms with Gasteiger partial charge in [0.1, 0.15) is 0 Å². The van der Waals surface area contributed by atoms with Crippen LogP contribution in [0.2, 0.25) is 0 Å². The smallest absolute Gasteiger partial charge is 0.336 e. The summed E-state index contributed by atoms with van der Waals surface area (Å²) in [7, 11) is 1.34. The molecule has 0 atom stereocenters. The molecule has 1 aliphatic carbocycles. The van der Waals surface area contributed by atoms with E-state index in [0.717, 1.165) is 6.42 Å².